The van der Waals surface area contributed by atoms with Crippen LogP contribution in [0.2, 0.25) is 0 Å². The highest BCUT2D eigenvalue weighted by molar-refractivity contribution is 7.91. The van der Waals surface area contributed by atoms with Crippen LogP contribution >= 0.6 is 0 Å². The Morgan fingerprint density at radius 1 is 0.355 bits per heavy atom. The second kappa shape index (κ2) is 37.9. The molecule has 0 heterocycles. The van der Waals surface area contributed by atoms with E-state index in [1.54, 1.807) is 36.4 Å². The molecule has 0 radical (unpaired) electrons. The molecule has 0 aromatic heterocycles. The zero-order valence-electron chi connectivity index (χ0n) is 50.5. The minimum Gasteiger partial charge on any atom is -0.748 e. The van der Waals surface area contributed by atoms with E-state index in [2.05, 4.69) is 31.2 Å². The van der Waals surface area contributed by atoms with Gasteiger partial charge in [-0.1, -0.05) is 48.9 Å². The molecule has 0 amide bonds. The molecule has 4 aromatic rings. The first-order valence-corrected chi connectivity index (χ1v) is 43.0. The minimum atomic E-state index is -5.58. The average molecular weight is 1550 g/mol. The summed E-state index contributed by atoms with van der Waals surface area (Å²) in [5.41, 5.74) is 3.47. The van der Waals surface area contributed by atoms with E-state index in [0.29, 0.717) is 17.2 Å². The molecule has 0 saturated heterocycles. The van der Waals surface area contributed by atoms with E-state index in [1.165, 1.54) is 52.5 Å². The number of benzene rings is 4. The summed E-state index contributed by atoms with van der Waals surface area (Å²) in [7, 11) is -48.8. The lowest BCUT2D eigenvalue weighted by atomic mass is 10.0. The first-order valence-electron chi connectivity index (χ1n) is 26.1. The minimum absolute atomic E-state index is 0.201. The van der Waals surface area contributed by atoms with Crippen LogP contribution in [0.4, 0.5) is 0 Å². The van der Waals surface area contributed by atoms with Crippen LogP contribution in [-0.2, 0) is 111 Å². The normalized spacial score (nSPS) is 14.6. The van der Waals surface area contributed by atoms with Gasteiger partial charge in [0.1, 0.15) is 17.2 Å². The molecule has 538 valence electrons. The van der Waals surface area contributed by atoms with Gasteiger partial charge in [0.05, 0.1) is 91.6 Å². The second-order valence-corrected chi connectivity index (χ2v) is 38.3. The molecule has 6 unspecified atom stereocenters. The fourth-order valence-corrected chi connectivity index (χ4v) is 13.7. The summed E-state index contributed by atoms with van der Waals surface area (Å²) in [5.74, 6) is 1.05. The molecule has 0 aliphatic carbocycles. The van der Waals surface area contributed by atoms with Gasteiger partial charge in [-0.05, 0) is 152 Å². The van der Waals surface area contributed by atoms with Crippen molar-refractivity contribution in [2.24, 2.45) is 0 Å². The summed E-state index contributed by atoms with van der Waals surface area (Å²) in [6.07, 6.45) is -7.40. The van der Waals surface area contributed by atoms with Crippen molar-refractivity contribution in [1.82, 2.24) is 0 Å². The Morgan fingerprint density at radius 2 is 0.602 bits per heavy atom. The number of rotatable bonds is 27. The zero-order valence-corrected chi connectivity index (χ0v) is 59.4. The van der Waals surface area contributed by atoms with Gasteiger partial charge in [0, 0.05) is 0 Å². The van der Waals surface area contributed by atoms with Gasteiger partial charge in [0.2, 0.25) is 9.84 Å². The van der Waals surface area contributed by atoms with Crippen molar-refractivity contribution in [3.05, 3.63) is 103 Å². The number of ether oxygens (including phenoxy) is 2. The third-order valence-electron chi connectivity index (χ3n) is 12.2. The largest absolute Gasteiger partial charge is 0.748 e. The summed E-state index contributed by atoms with van der Waals surface area (Å²) >= 11 is 0. The second-order valence-electron chi connectivity index (χ2n) is 19.2. The predicted octanol–water partition coefficient (Wildman–Crippen LogP) is 4.09. The van der Waals surface area contributed by atoms with Crippen molar-refractivity contribution in [2.75, 3.05) is 30.1 Å². The van der Waals surface area contributed by atoms with Gasteiger partial charge >= 0.3 is 0 Å². The summed E-state index contributed by atoms with van der Waals surface area (Å²) in [6, 6.07) is 28.9. The standard InChI is InChI=1S/C26H22O4S.C14H30O18S6.4C2H6O3S/c1-19-3-5-20(6-4-19)21-7-9-23(10-8-21)30-24-13-17-26(18-14-24)31(27,28)25-15-11-22(29-2)12-16-25;1-3-10(34(18,19)20)5-12(36(24,25)26)7-14(38(30,31)32)8-13(37(27,28)29)6-11(35(21,22)23)4-9(2)33(15,16)17;4*1-2-6(3,4)5/h3-18H,1-2H3;9-14H,3-8H2,1-2H3,(H,15,16,17)(H,18,19,20)(H,21,22,23)(H,24,25,26)(H,27,28,29)(H,30,31,32);4*2H2,1H3,(H,3,4,5)/p-2. The van der Waals surface area contributed by atoms with E-state index in [4.69, 9.17) is 32.2 Å². The monoisotopic (exact) mass is 1550 g/mol. The number of hydrogen-bond donors (Lipinski definition) is 8. The SMILES string of the molecule is CCC(CC(CC(CC(CC(CC(C)S(=O)(=O)O)S(=O)(=O)[O-])S(=O)(=O)O)S(=O)(=O)O)S(=O)(=O)O)S(=O)(=O)[O-].CCS(=O)(=O)O.CCS(=O)(=O)O.CCS(=O)(=O)O.CCS(=O)(=O)O.COc1ccc(S(=O)(=O)c2ccc(Oc3ccc(-c4ccc(C)cc4)cc3)cc2)cc1. The molecule has 8 N–H and O–H groups in total. The van der Waals surface area contributed by atoms with Crippen LogP contribution in [0.3, 0.4) is 0 Å². The van der Waals surface area contributed by atoms with Crippen molar-refractivity contribution >= 4 is 111 Å². The topological polar surface area (TPSA) is 602 Å². The van der Waals surface area contributed by atoms with Crippen molar-refractivity contribution in [1.29, 1.82) is 0 Å². The molecule has 4 rings (SSSR count). The van der Waals surface area contributed by atoms with Crippen LogP contribution in [0.15, 0.2) is 107 Å². The van der Waals surface area contributed by atoms with Crippen molar-refractivity contribution in [3.63, 3.8) is 0 Å². The third-order valence-corrected chi connectivity index (χ3v) is 24.3. The molecule has 4 aromatic carbocycles. The lowest BCUT2D eigenvalue weighted by molar-refractivity contribution is 0.403. The quantitative estimate of drug-likeness (QED) is 0.0390. The van der Waals surface area contributed by atoms with E-state index in [9.17, 15) is 115 Å². The highest BCUT2D eigenvalue weighted by Crippen LogP contribution is 2.31. The van der Waals surface area contributed by atoms with Crippen LogP contribution in [0.25, 0.3) is 11.1 Å². The number of sulfone groups is 1. The zero-order chi connectivity index (χ0) is 73.4. The van der Waals surface area contributed by atoms with Gasteiger partial charge in [-0.3, -0.25) is 36.4 Å². The third kappa shape index (κ3) is 39.4. The Kier molecular flexibility index (Phi) is 36.9. The highest BCUT2D eigenvalue weighted by Gasteiger charge is 2.41. The molecule has 0 saturated carbocycles. The van der Waals surface area contributed by atoms with Gasteiger partial charge in [-0.15, -0.1) is 0 Å². The Bertz CT molecular complexity index is 4170. The molecule has 6 atom stereocenters. The molecule has 45 heteroatoms. The number of hydrogen-bond acceptors (Lipinski definition) is 26. The Morgan fingerprint density at radius 3 is 0.839 bits per heavy atom. The first kappa shape index (κ1) is 90.6. The van der Waals surface area contributed by atoms with E-state index < -0.39 is 181 Å². The molecule has 34 nitrogen and oxygen atoms in total. The maximum atomic E-state index is 12.8. The van der Waals surface area contributed by atoms with E-state index in [1.807, 2.05) is 24.3 Å². The van der Waals surface area contributed by atoms with Crippen LogP contribution in [0, 0.1) is 6.92 Å². The molecular formula is C48H74O34S11-2. The molecular weight excluding hydrogens is 1470 g/mol. The average Bonchev–Trinajstić information content (AvgIpc) is 0.852. The van der Waals surface area contributed by atoms with Gasteiger partial charge < -0.3 is 18.6 Å². The molecule has 93 heavy (non-hydrogen) atoms. The van der Waals surface area contributed by atoms with E-state index in [0.717, 1.165) is 25.0 Å². The lowest BCUT2D eigenvalue weighted by Crippen LogP contribution is -2.40. The summed E-state index contributed by atoms with van der Waals surface area (Å²) in [5, 5.41) is -14.0. The van der Waals surface area contributed by atoms with Gasteiger partial charge in [-0.2, -0.15) is 67.3 Å². The Labute approximate surface area is 544 Å². The number of methoxy groups -OCH3 is 1. The van der Waals surface area contributed by atoms with Gasteiger partial charge in [0.15, 0.2) is 0 Å². The fourth-order valence-electron chi connectivity index (χ4n) is 6.68. The fraction of sp³-hybridized carbons (Fsp3) is 0.500. The van der Waals surface area contributed by atoms with Crippen LogP contribution < -0.4 is 9.47 Å². The molecule has 0 aliphatic heterocycles. The summed E-state index contributed by atoms with van der Waals surface area (Å²) in [6.45, 7) is 9.42. The van der Waals surface area contributed by atoms with Crippen LogP contribution in [-0.4, -0.2) is 200 Å². The maximum absolute atomic E-state index is 12.8. The summed E-state index contributed by atoms with van der Waals surface area (Å²) in [4.78, 5) is 0.424. The van der Waals surface area contributed by atoms with Crippen LogP contribution in [0.1, 0.15) is 85.6 Å². The van der Waals surface area contributed by atoms with Gasteiger partial charge in [0.25, 0.3) is 80.9 Å². The lowest BCUT2D eigenvalue weighted by Gasteiger charge is -2.29. The Balaban J connectivity index is 0. The molecule has 0 spiro atoms. The van der Waals surface area contributed by atoms with Crippen LogP contribution in [0.5, 0.6) is 17.2 Å². The molecule has 0 bridgehead atoms. The first-order chi connectivity index (χ1) is 41.7. The Hall–Kier alpha value is -4.47. The van der Waals surface area contributed by atoms with E-state index >= 15 is 0 Å². The smallest absolute Gasteiger partial charge is 0.267 e. The van der Waals surface area contributed by atoms with Crippen molar-refractivity contribution < 1.29 is 148 Å². The highest BCUT2D eigenvalue weighted by atomic mass is 32.3. The van der Waals surface area contributed by atoms with Crippen molar-refractivity contribution in [3.8, 4) is 28.4 Å². The maximum Gasteiger partial charge on any atom is 0.267 e. The van der Waals surface area contributed by atoms with Crippen molar-refractivity contribution in [2.45, 2.75) is 128 Å². The summed E-state index contributed by atoms with van der Waals surface area (Å²) < 4.78 is 344. The molecule has 0 fully saturated rings. The van der Waals surface area contributed by atoms with E-state index in [-0.39, 0.29) is 32.8 Å². The number of aryl methyl sites for hydroxylation is 1. The predicted molar refractivity (Wildman–Crippen MR) is 337 cm³/mol. The van der Waals surface area contributed by atoms with Gasteiger partial charge in [-0.25, -0.2) is 25.3 Å². The molecule has 0 aliphatic rings.